The molecule has 0 saturated heterocycles. The molecule has 1 unspecified atom stereocenters. The first kappa shape index (κ1) is 18.5. The molecule has 2 atom stereocenters. The second kappa shape index (κ2) is 6.96. The van der Waals surface area contributed by atoms with Crippen molar-refractivity contribution in [2.75, 3.05) is 0 Å². The first-order valence-corrected chi connectivity index (χ1v) is 9.32. The average molecular weight is 399 g/mol. The van der Waals surface area contributed by atoms with Crippen molar-refractivity contribution in [2.24, 2.45) is 0 Å². The molecule has 1 aliphatic carbocycles. The van der Waals surface area contributed by atoms with Crippen LogP contribution in [0.3, 0.4) is 0 Å². The Morgan fingerprint density at radius 2 is 1.93 bits per heavy atom. The Balaban J connectivity index is 1.63. The average Bonchev–Trinajstić information content (AvgIpc) is 3.04. The fourth-order valence-electron chi connectivity index (χ4n) is 3.89. The van der Waals surface area contributed by atoms with Gasteiger partial charge in [-0.15, -0.1) is 0 Å². The highest BCUT2D eigenvalue weighted by molar-refractivity contribution is 6.31. The summed E-state index contributed by atoms with van der Waals surface area (Å²) in [6, 6.07) is 13.8. The number of carboxylic acids is 1. The lowest BCUT2D eigenvalue weighted by Gasteiger charge is -2.40. The molecular weight excluding hydrogens is 380 g/mol. The molecule has 1 amide bonds. The van der Waals surface area contributed by atoms with E-state index in [2.05, 4.69) is 10.3 Å². The molecule has 144 valence electrons. The maximum absolute atomic E-state index is 12.8. The molecule has 0 aliphatic heterocycles. The number of rotatable bonds is 4. The van der Waals surface area contributed by atoms with Crippen LogP contribution in [0.1, 0.15) is 28.0 Å². The van der Waals surface area contributed by atoms with Crippen molar-refractivity contribution in [3.05, 3.63) is 70.4 Å². The summed E-state index contributed by atoms with van der Waals surface area (Å²) in [5, 5.41) is 24.6. The number of aromatic nitrogens is 1. The molecule has 2 aromatic carbocycles. The Kier molecular flexibility index (Phi) is 4.61. The topological polar surface area (TPSA) is 102 Å². The van der Waals surface area contributed by atoms with E-state index in [9.17, 15) is 19.8 Å². The molecule has 6 nitrogen and oxygen atoms in total. The van der Waals surface area contributed by atoms with Gasteiger partial charge in [-0.05, 0) is 41.8 Å². The van der Waals surface area contributed by atoms with Crippen molar-refractivity contribution in [2.45, 2.75) is 30.9 Å². The van der Waals surface area contributed by atoms with Gasteiger partial charge in [-0.3, -0.25) is 9.59 Å². The van der Waals surface area contributed by atoms with Gasteiger partial charge in [0.05, 0.1) is 18.1 Å². The molecular formula is C21H19ClN2O4. The number of aliphatic carboxylic acids is 1. The number of amides is 1. The third-order valence-electron chi connectivity index (χ3n) is 5.28. The Morgan fingerprint density at radius 3 is 2.68 bits per heavy atom. The highest BCUT2D eigenvalue weighted by atomic mass is 35.5. The number of carbonyl (C=O) groups is 2. The van der Waals surface area contributed by atoms with Crippen molar-refractivity contribution in [1.82, 2.24) is 10.3 Å². The van der Waals surface area contributed by atoms with Crippen LogP contribution in [-0.4, -0.2) is 38.7 Å². The van der Waals surface area contributed by atoms with Crippen LogP contribution >= 0.6 is 11.6 Å². The van der Waals surface area contributed by atoms with Gasteiger partial charge in [0.1, 0.15) is 5.69 Å². The van der Waals surface area contributed by atoms with Crippen LogP contribution in [0.25, 0.3) is 10.9 Å². The second-order valence-electron chi connectivity index (χ2n) is 7.26. The molecule has 0 radical (unpaired) electrons. The lowest BCUT2D eigenvalue weighted by Crippen LogP contribution is -2.58. The monoisotopic (exact) mass is 398 g/mol. The summed E-state index contributed by atoms with van der Waals surface area (Å²) >= 11 is 5.99. The number of halogens is 1. The van der Waals surface area contributed by atoms with Crippen LogP contribution in [0.5, 0.6) is 0 Å². The lowest BCUT2D eigenvalue weighted by atomic mass is 9.75. The number of H-pyrrole nitrogens is 1. The second-order valence-corrected chi connectivity index (χ2v) is 7.70. The summed E-state index contributed by atoms with van der Waals surface area (Å²) in [6.45, 7) is 0. The number of hydrogen-bond donors (Lipinski definition) is 4. The summed E-state index contributed by atoms with van der Waals surface area (Å²) < 4.78 is 0. The highest BCUT2D eigenvalue weighted by Gasteiger charge is 2.43. The van der Waals surface area contributed by atoms with Gasteiger partial charge >= 0.3 is 5.97 Å². The third-order valence-corrected chi connectivity index (χ3v) is 5.51. The minimum absolute atomic E-state index is 0.169. The fourth-order valence-corrected chi connectivity index (χ4v) is 4.07. The van der Waals surface area contributed by atoms with E-state index in [1.165, 1.54) is 0 Å². The smallest absolute Gasteiger partial charge is 0.306 e. The number of aromatic amines is 1. The predicted octanol–water partition coefficient (Wildman–Crippen LogP) is 2.92. The molecule has 0 spiro atoms. The Labute approximate surface area is 166 Å². The minimum atomic E-state index is -1.56. The summed E-state index contributed by atoms with van der Waals surface area (Å²) in [4.78, 5) is 27.2. The SMILES string of the molecule is O=C(O)C[C@@]1(O)Cc2ccccc2CC1NC(=O)c1cc2cc(Cl)ccc2[nH]1. The van der Waals surface area contributed by atoms with Crippen LogP contribution in [0.4, 0.5) is 0 Å². The quantitative estimate of drug-likeness (QED) is 0.542. The number of nitrogens with one attached hydrogen (secondary N) is 2. The van der Waals surface area contributed by atoms with E-state index in [4.69, 9.17) is 11.6 Å². The first-order chi connectivity index (χ1) is 13.3. The molecule has 4 rings (SSSR count). The van der Waals surface area contributed by atoms with Gasteiger partial charge < -0.3 is 20.5 Å². The molecule has 1 heterocycles. The largest absolute Gasteiger partial charge is 0.481 e. The van der Waals surface area contributed by atoms with Crippen LogP contribution in [0.15, 0.2) is 48.5 Å². The zero-order valence-electron chi connectivity index (χ0n) is 14.9. The number of benzene rings is 2. The fraction of sp³-hybridized carbons (Fsp3) is 0.238. The normalized spacial score (nSPS) is 21.3. The molecule has 0 saturated carbocycles. The molecule has 1 aromatic heterocycles. The predicted molar refractivity (Wildman–Crippen MR) is 106 cm³/mol. The van der Waals surface area contributed by atoms with Gasteiger partial charge in [-0.25, -0.2) is 0 Å². The molecule has 0 fully saturated rings. The number of fused-ring (bicyclic) bond motifs is 2. The van der Waals surface area contributed by atoms with Gasteiger partial charge in [0.15, 0.2) is 0 Å². The van der Waals surface area contributed by atoms with Crippen LogP contribution in [0.2, 0.25) is 5.02 Å². The van der Waals surface area contributed by atoms with E-state index in [0.717, 1.165) is 22.0 Å². The minimum Gasteiger partial charge on any atom is -0.481 e. The van der Waals surface area contributed by atoms with E-state index in [1.807, 2.05) is 24.3 Å². The van der Waals surface area contributed by atoms with Crippen molar-refractivity contribution in [3.63, 3.8) is 0 Å². The van der Waals surface area contributed by atoms with Crippen LogP contribution < -0.4 is 5.32 Å². The highest BCUT2D eigenvalue weighted by Crippen LogP contribution is 2.32. The zero-order valence-corrected chi connectivity index (χ0v) is 15.7. The standard InChI is InChI=1S/C21H19ClN2O4/c22-15-5-6-16-14(7-15)8-17(23-16)20(27)24-18-9-12-3-1-2-4-13(12)10-21(18,28)11-19(25)26/h1-8,18,23,28H,9-11H2,(H,24,27)(H,25,26)/t18?,21-/m0/s1. The Bertz CT molecular complexity index is 1080. The summed E-state index contributed by atoms with van der Waals surface area (Å²) in [5.74, 6) is -1.51. The van der Waals surface area contributed by atoms with E-state index in [1.54, 1.807) is 24.3 Å². The summed E-state index contributed by atoms with van der Waals surface area (Å²) in [7, 11) is 0. The maximum atomic E-state index is 12.8. The number of hydrogen-bond acceptors (Lipinski definition) is 3. The van der Waals surface area contributed by atoms with Gasteiger partial charge in [0.2, 0.25) is 0 Å². The van der Waals surface area contributed by atoms with Gasteiger partial charge in [-0.2, -0.15) is 0 Å². The molecule has 28 heavy (non-hydrogen) atoms. The number of carboxylic acid groups (broad SMARTS) is 1. The van der Waals surface area contributed by atoms with Gasteiger partial charge in [-0.1, -0.05) is 35.9 Å². The Morgan fingerprint density at radius 1 is 1.18 bits per heavy atom. The molecule has 1 aliphatic rings. The third kappa shape index (κ3) is 3.48. The van der Waals surface area contributed by atoms with Crippen molar-refractivity contribution >= 4 is 34.4 Å². The zero-order chi connectivity index (χ0) is 19.9. The molecule has 4 N–H and O–H groups in total. The molecule has 7 heteroatoms. The first-order valence-electron chi connectivity index (χ1n) is 8.94. The van der Waals surface area contributed by atoms with E-state index >= 15 is 0 Å². The van der Waals surface area contributed by atoms with Crippen LogP contribution in [-0.2, 0) is 17.6 Å². The van der Waals surface area contributed by atoms with E-state index in [-0.39, 0.29) is 6.42 Å². The summed E-state index contributed by atoms with van der Waals surface area (Å²) in [5.41, 5.74) is 1.42. The number of carbonyl (C=O) groups excluding carboxylic acids is 1. The molecule has 3 aromatic rings. The van der Waals surface area contributed by atoms with Gasteiger partial charge in [0.25, 0.3) is 5.91 Å². The number of aliphatic hydroxyl groups is 1. The van der Waals surface area contributed by atoms with Crippen molar-refractivity contribution in [1.29, 1.82) is 0 Å². The van der Waals surface area contributed by atoms with Crippen molar-refractivity contribution < 1.29 is 19.8 Å². The summed E-state index contributed by atoms with van der Waals surface area (Å²) in [6.07, 6.45) is 0.0784. The lowest BCUT2D eigenvalue weighted by molar-refractivity contribution is -0.144. The maximum Gasteiger partial charge on any atom is 0.306 e. The van der Waals surface area contributed by atoms with Gasteiger partial charge in [0, 0.05) is 22.3 Å². The van der Waals surface area contributed by atoms with E-state index < -0.39 is 29.9 Å². The van der Waals surface area contributed by atoms with Crippen molar-refractivity contribution in [3.8, 4) is 0 Å². The molecule has 0 bridgehead atoms. The van der Waals surface area contributed by atoms with E-state index in [0.29, 0.717) is 17.1 Å². The van der Waals surface area contributed by atoms with Crippen LogP contribution in [0, 0.1) is 0 Å². The Hall–Kier alpha value is -2.83.